The smallest absolute Gasteiger partial charge is 0.349 e. The third-order valence-corrected chi connectivity index (χ3v) is 6.81. The SMILES string of the molecule is COc1ccc(CCNC(=O)CSc2nc(=O)n(Cc3cccnc3)c3c2CCC3)cc1OC. The van der Waals surface area contributed by atoms with Crippen LogP contribution in [0.25, 0.3) is 0 Å². The van der Waals surface area contributed by atoms with Gasteiger partial charge in [-0.05, 0) is 55.0 Å². The van der Waals surface area contributed by atoms with Gasteiger partial charge < -0.3 is 14.8 Å². The largest absolute Gasteiger partial charge is 0.493 e. The average Bonchev–Trinajstić information content (AvgIpc) is 3.35. The lowest BCUT2D eigenvalue weighted by atomic mass is 10.1. The molecule has 0 saturated carbocycles. The lowest BCUT2D eigenvalue weighted by Gasteiger charge is -2.14. The molecule has 8 nitrogen and oxygen atoms in total. The highest BCUT2D eigenvalue weighted by atomic mass is 32.2. The molecule has 3 aromatic rings. The predicted octanol–water partition coefficient (Wildman–Crippen LogP) is 2.64. The fraction of sp³-hybridized carbons (Fsp3) is 0.360. The lowest BCUT2D eigenvalue weighted by Crippen LogP contribution is -2.29. The number of carbonyl (C=O) groups excluding carboxylic acids is 1. The highest BCUT2D eigenvalue weighted by Gasteiger charge is 2.22. The zero-order valence-corrected chi connectivity index (χ0v) is 20.2. The van der Waals surface area contributed by atoms with Crippen LogP contribution in [0.5, 0.6) is 11.5 Å². The molecule has 34 heavy (non-hydrogen) atoms. The Labute approximate surface area is 202 Å². The number of aromatic nitrogens is 3. The molecule has 2 aromatic heterocycles. The van der Waals surface area contributed by atoms with Crippen LogP contribution in [0.3, 0.4) is 0 Å². The van der Waals surface area contributed by atoms with E-state index in [4.69, 9.17) is 9.47 Å². The van der Waals surface area contributed by atoms with Gasteiger partial charge in [0.05, 0.1) is 26.5 Å². The molecular formula is C25H28N4O4S. The number of nitrogens with zero attached hydrogens (tertiary/aromatic N) is 3. The van der Waals surface area contributed by atoms with Gasteiger partial charge in [0.25, 0.3) is 0 Å². The summed E-state index contributed by atoms with van der Waals surface area (Å²) in [6.07, 6.45) is 6.86. The molecule has 1 aliphatic carbocycles. The minimum Gasteiger partial charge on any atom is -0.493 e. The maximum absolute atomic E-state index is 12.8. The van der Waals surface area contributed by atoms with Gasteiger partial charge in [0.15, 0.2) is 11.5 Å². The highest BCUT2D eigenvalue weighted by Crippen LogP contribution is 2.30. The van der Waals surface area contributed by atoms with Crippen molar-refractivity contribution in [3.05, 3.63) is 75.6 Å². The van der Waals surface area contributed by atoms with E-state index >= 15 is 0 Å². The minimum absolute atomic E-state index is 0.0847. The first kappa shape index (κ1) is 23.8. The van der Waals surface area contributed by atoms with Gasteiger partial charge in [-0.1, -0.05) is 23.9 Å². The van der Waals surface area contributed by atoms with E-state index in [-0.39, 0.29) is 17.3 Å². The molecular weight excluding hydrogens is 452 g/mol. The average molecular weight is 481 g/mol. The molecule has 0 radical (unpaired) electrons. The zero-order valence-electron chi connectivity index (χ0n) is 19.4. The van der Waals surface area contributed by atoms with Crippen molar-refractivity contribution in [2.45, 2.75) is 37.3 Å². The van der Waals surface area contributed by atoms with Crippen LogP contribution in [0.4, 0.5) is 0 Å². The number of nitrogens with one attached hydrogen (secondary N) is 1. The van der Waals surface area contributed by atoms with Crippen molar-refractivity contribution in [2.24, 2.45) is 0 Å². The first-order valence-electron chi connectivity index (χ1n) is 11.2. The molecule has 4 rings (SSSR count). The van der Waals surface area contributed by atoms with Crippen molar-refractivity contribution in [3.63, 3.8) is 0 Å². The number of hydrogen-bond acceptors (Lipinski definition) is 7. The number of pyridine rings is 1. The molecule has 2 heterocycles. The summed E-state index contributed by atoms with van der Waals surface area (Å²) in [4.78, 5) is 33.7. The van der Waals surface area contributed by atoms with Crippen LogP contribution in [-0.2, 0) is 30.6 Å². The summed E-state index contributed by atoms with van der Waals surface area (Å²) in [5.74, 6) is 1.48. The number of hydrogen-bond donors (Lipinski definition) is 1. The number of methoxy groups -OCH3 is 2. The Balaban J connectivity index is 1.34. The van der Waals surface area contributed by atoms with Crippen molar-refractivity contribution in [2.75, 3.05) is 26.5 Å². The van der Waals surface area contributed by atoms with Gasteiger partial charge in [-0.2, -0.15) is 4.98 Å². The van der Waals surface area contributed by atoms with Crippen LogP contribution in [0, 0.1) is 0 Å². The summed E-state index contributed by atoms with van der Waals surface area (Å²) in [6.45, 7) is 0.969. The summed E-state index contributed by atoms with van der Waals surface area (Å²) < 4.78 is 12.3. The predicted molar refractivity (Wildman–Crippen MR) is 131 cm³/mol. The Morgan fingerprint density at radius 2 is 2.00 bits per heavy atom. The van der Waals surface area contributed by atoms with Crippen molar-refractivity contribution in [1.82, 2.24) is 19.9 Å². The van der Waals surface area contributed by atoms with E-state index in [1.807, 2.05) is 30.3 Å². The second-order valence-corrected chi connectivity index (χ2v) is 8.97. The van der Waals surface area contributed by atoms with Crippen molar-refractivity contribution in [3.8, 4) is 11.5 Å². The van der Waals surface area contributed by atoms with E-state index in [1.54, 1.807) is 31.2 Å². The third-order valence-electron chi connectivity index (χ3n) is 5.79. The summed E-state index contributed by atoms with van der Waals surface area (Å²) in [5.41, 5.74) is 3.85. The molecule has 0 aliphatic heterocycles. The van der Waals surface area contributed by atoms with Crippen LogP contribution in [0.1, 0.15) is 28.8 Å². The second kappa shape index (κ2) is 11.2. The molecule has 1 aliphatic rings. The fourth-order valence-corrected chi connectivity index (χ4v) is 5.02. The number of fused-ring (bicyclic) bond motifs is 1. The van der Waals surface area contributed by atoms with Gasteiger partial charge in [-0.3, -0.25) is 14.3 Å². The Hall–Kier alpha value is -3.33. The van der Waals surface area contributed by atoms with Gasteiger partial charge in [-0.15, -0.1) is 0 Å². The number of ether oxygens (including phenoxy) is 2. The first-order chi connectivity index (χ1) is 16.6. The number of amides is 1. The summed E-state index contributed by atoms with van der Waals surface area (Å²) >= 11 is 1.33. The molecule has 178 valence electrons. The monoisotopic (exact) mass is 480 g/mol. The van der Waals surface area contributed by atoms with E-state index in [2.05, 4.69) is 15.3 Å². The molecule has 1 aromatic carbocycles. The zero-order chi connectivity index (χ0) is 23.9. The normalized spacial score (nSPS) is 12.3. The van der Waals surface area contributed by atoms with Crippen LogP contribution in [-0.4, -0.2) is 47.0 Å². The molecule has 9 heteroatoms. The van der Waals surface area contributed by atoms with Crippen molar-refractivity contribution >= 4 is 17.7 Å². The fourth-order valence-electron chi connectivity index (χ4n) is 4.11. The maximum atomic E-state index is 12.8. The van der Waals surface area contributed by atoms with Crippen LogP contribution in [0.15, 0.2) is 52.5 Å². The minimum atomic E-state index is -0.277. The molecule has 0 bridgehead atoms. The standard InChI is InChI=1S/C25H28N4O4S/c1-32-21-9-8-17(13-22(21)33-2)10-12-27-23(30)16-34-24-19-6-3-7-20(19)29(25(31)28-24)15-18-5-4-11-26-14-18/h4-5,8-9,11,13-14H,3,6-7,10,12,15-16H2,1-2H3,(H,27,30). The molecule has 0 spiro atoms. The summed E-state index contributed by atoms with van der Waals surface area (Å²) in [5, 5.41) is 3.62. The Morgan fingerprint density at radius 3 is 2.76 bits per heavy atom. The van der Waals surface area contributed by atoms with Crippen LogP contribution in [0.2, 0.25) is 0 Å². The molecule has 0 fully saturated rings. The van der Waals surface area contributed by atoms with E-state index in [9.17, 15) is 9.59 Å². The molecule has 0 atom stereocenters. The quantitative estimate of drug-likeness (QED) is 0.352. The van der Waals surface area contributed by atoms with Crippen LogP contribution >= 0.6 is 11.8 Å². The Bertz CT molecular complexity index is 1210. The lowest BCUT2D eigenvalue weighted by molar-refractivity contribution is -0.118. The third kappa shape index (κ3) is 5.59. The van der Waals surface area contributed by atoms with Gasteiger partial charge in [0, 0.05) is 30.2 Å². The van der Waals surface area contributed by atoms with E-state index in [0.29, 0.717) is 36.0 Å². The first-order valence-corrected chi connectivity index (χ1v) is 12.2. The number of thioether (sulfide) groups is 1. The van der Waals surface area contributed by atoms with Crippen LogP contribution < -0.4 is 20.5 Å². The van der Waals surface area contributed by atoms with E-state index in [1.165, 1.54) is 11.8 Å². The van der Waals surface area contributed by atoms with Gasteiger partial charge in [0.2, 0.25) is 5.91 Å². The number of benzene rings is 1. The number of carbonyl (C=O) groups is 1. The van der Waals surface area contributed by atoms with Crippen molar-refractivity contribution in [1.29, 1.82) is 0 Å². The number of rotatable bonds is 10. The van der Waals surface area contributed by atoms with Gasteiger partial charge >= 0.3 is 5.69 Å². The summed E-state index contributed by atoms with van der Waals surface area (Å²) in [7, 11) is 3.20. The van der Waals surface area contributed by atoms with E-state index < -0.39 is 0 Å². The molecule has 0 saturated heterocycles. The Morgan fingerprint density at radius 1 is 1.15 bits per heavy atom. The summed E-state index contributed by atoms with van der Waals surface area (Å²) in [6, 6.07) is 9.54. The Kier molecular flexibility index (Phi) is 7.84. The van der Waals surface area contributed by atoms with Gasteiger partial charge in [0.1, 0.15) is 5.03 Å². The second-order valence-electron chi connectivity index (χ2n) is 8.00. The topological polar surface area (TPSA) is 95.3 Å². The van der Waals surface area contributed by atoms with E-state index in [0.717, 1.165) is 41.6 Å². The molecule has 0 unspecified atom stereocenters. The van der Waals surface area contributed by atoms with Gasteiger partial charge in [-0.25, -0.2) is 4.79 Å². The van der Waals surface area contributed by atoms with Crippen molar-refractivity contribution < 1.29 is 14.3 Å². The molecule has 1 N–H and O–H groups in total. The highest BCUT2D eigenvalue weighted by molar-refractivity contribution is 7.99. The molecule has 1 amide bonds. The maximum Gasteiger partial charge on any atom is 0.349 e.